The SMILES string of the molecule is CCC1CCC(C[C@@H](O)[C@@H]2Cc3cccc(C(=O)N4CCC5(CC5)C(F)(F)C4)c3CN2)CC1. The second-order valence-corrected chi connectivity index (χ2v) is 11.2. The van der Waals surface area contributed by atoms with Crippen molar-refractivity contribution in [2.24, 2.45) is 17.3 Å². The summed E-state index contributed by atoms with van der Waals surface area (Å²) in [5.41, 5.74) is 1.65. The lowest BCUT2D eigenvalue weighted by molar-refractivity contribution is -0.116. The van der Waals surface area contributed by atoms with E-state index >= 15 is 0 Å². The first-order chi connectivity index (χ1) is 15.8. The molecule has 1 aromatic carbocycles. The van der Waals surface area contributed by atoms with E-state index in [0.717, 1.165) is 23.5 Å². The van der Waals surface area contributed by atoms with Gasteiger partial charge in [-0.1, -0.05) is 51.2 Å². The summed E-state index contributed by atoms with van der Waals surface area (Å²) >= 11 is 0. The minimum absolute atomic E-state index is 0.0270. The van der Waals surface area contributed by atoms with Crippen molar-refractivity contribution in [1.82, 2.24) is 10.2 Å². The van der Waals surface area contributed by atoms with E-state index in [1.807, 2.05) is 12.1 Å². The van der Waals surface area contributed by atoms with Crippen LogP contribution in [-0.2, 0) is 13.0 Å². The number of aliphatic hydroxyl groups excluding tert-OH is 1. The summed E-state index contributed by atoms with van der Waals surface area (Å²) < 4.78 is 29.3. The molecule has 0 radical (unpaired) electrons. The lowest BCUT2D eigenvalue weighted by Crippen LogP contribution is -2.52. The zero-order valence-electron chi connectivity index (χ0n) is 19.8. The van der Waals surface area contributed by atoms with Crippen LogP contribution < -0.4 is 5.32 Å². The quantitative estimate of drug-likeness (QED) is 0.655. The summed E-state index contributed by atoms with van der Waals surface area (Å²) in [6, 6.07) is 5.62. The van der Waals surface area contributed by atoms with E-state index in [1.54, 1.807) is 6.07 Å². The smallest absolute Gasteiger partial charge is 0.270 e. The average Bonchev–Trinajstić information content (AvgIpc) is 3.62. The molecular weight excluding hydrogens is 422 g/mol. The molecular formula is C27H38F2N2O2. The lowest BCUT2D eigenvalue weighted by atomic mass is 9.77. The monoisotopic (exact) mass is 460 g/mol. The van der Waals surface area contributed by atoms with E-state index in [0.29, 0.717) is 50.3 Å². The fourth-order valence-electron chi connectivity index (χ4n) is 6.56. The molecule has 2 heterocycles. The number of likely N-dealkylation sites (tertiary alicyclic amines) is 1. The number of hydrogen-bond donors (Lipinski definition) is 2. The van der Waals surface area contributed by atoms with Gasteiger partial charge in [-0.25, -0.2) is 8.78 Å². The maximum atomic E-state index is 14.7. The molecule has 1 aromatic rings. The van der Waals surface area contributed by atoms with Crippen LogP contribution in [0.2, 0.25) is 0 Å². The highest BCUT2D eigenvalue weighted by Gasteiger charge is 2.64. The van der Waals surface area contributed by atoms with E-state index in [4.69, 9.17) is 0 Å². The molecule has 4 nitrogen and oxygen atoms in total. The molecule has 33 heavy (non-hydrogen) atoms. The number of nitrogens with zero attached hydrogens (tertiary/aromatic N) is 1. The first-order valence-electron chi connectivity index (χ1n) is 13.0. The van der Waals surface area contributed by atoms with Crippen LogP contribution in [-0.4, -0.2) is 47.1 Å². The van der Waals surface area contributed by atoms with Crippen molar-refractivity contribution in [2.45, 2.75) is 95.7 Å². The maximum Gasteiger partial charge on any atom is 0.270 e. The van der Waals surface area contributed by atoms with Crippen LogP contribution >= 0.6 is 0 Å². The Morgan fingerprint density at radius 2 is 1.91 bits per heavy atom. The van der Waals surface area contributed by atoms with E-state index in [2.05, 4.69) is 12.2 Å². The number of amides is 1. The molecule has 2 saturated carbocycles. The molecule has 0 aromatic heterocycles. The van der Waals surface area contributed by atoms with Gasteiger partial charge in [0.05, 0.1) is 12.6 Å². The van der Waals surface area contributed by atoms with Gasteiger partial charge in [0.2, 0.25) is 0 Å². The molecule has 2 aliphatic heterocycles. The molecule has 1 spiro atoms. The summed E-state index contributed by atoms with van der Waals surface area (Å²) in [5.74, 6) is -1.63. The van der Waals surface area contributed by atoms with Gasteiger partial charge in [0.25, 0.3) is 11.8 Å². The minimum atomic E-state index is -2.79. The van der Waals surface area contributed by atoms with Crippen molar-refractivity contribution >= 4 is 5.91 Å². The molecule has 0 unspecified atom stereocenters. The summed E-state index contributed by atoms with van der Waals surface area (Å²) in [7, 11) is 0. The number of halogens is 2. The zero-order chi connectivity index (χ0) is 23.2. The Kier molecular flexibility index (Phi) is 6.28. The predicted octanol–water partition coefficient (Wildman–Crippen LogP) is 4.93. The first-order valence-corrected chi connectivity index (χ1v) is 13.0. The van der Waals surface area contributed by atoms with Crippen LogP contribution in [0.5, 0.6) is 0 Å². The van der Waals surface area contributed by atoms with Crippen molar-refractivity contribution in [2.75, 3.05) is 13.1 Å². The van der Waals surface area contributed by atoms with Crippen molar-refractivity contribution in [3.05, 3.63) is 34.9 Å². The third-order valence-electron chi connectivity index (χ3n) is 9.23. The second-order valence-electron chi connectivity index (χ2n) is 11.2. The van der Waals surface area contributed by atoms with Crippen LogP contribution in [0.1, 0.15) is 86.2 Å². The Hall–Kier alpha value is -1.53. The highest BCUT2D eigenvalue weighted by molar-refractivity contribution is 5.96. The van der Waals surface area contributed by atoms with Crippen molar-refractivity contribution in [3.8, 4) is 0 Å². The number of hydrogen-bond acceptors (Lipinski definition) is 3. The molecule has 2 atom stereocenters. The highest BCUT2D eigenvalue weighted by Crippen LogP contribution is 2.61. The van der Waals surface area contributed by atoms with Gasteiger partial charge in [-0.15, -0.1) is 0 Å². The molecule has 2 aliphatic carbocycles. The standard InChI is InChI=1S/C27H38F2N2O2/c1-2-18-6-8-19(9-7-18)14-24(32)23-15-20-4-3-5-21(22(20)16-30-23)25(33)31-13-12-26(10-11-26)27(28,29)17-31/h3-5,18-19,23-24,30,32H,2,6-17H2,1H3/t18?,19?,23-,24+/m0/s1. The van der Waals surface area contributed by atoms with Crippen LogP contribution in [0, 0.1) is 17.3 Å². The Bertz CT molecular complexity index is 877. The molecule has 1 amide bonds. The molecule has 182 valence electrons. The summed E-state index contributed by atoms with van der Waals surface area (Å²) in [4.78, 5) is 14.6. The summed E-state index contributed by atoms with van der Waals surface area (Å²) in [6.07, 6.45) is 8.87. The van der Waals surface area contributed by atoms with Gasteiger partial charge >= 0.3 is 0 Å². The Balaban J connectivity index is 1.23. The van der Waals surface area contributed by atoms with Crippen LogP contribution in [0.4, 0.5) is 8.78 Å². The van der Waals surface area contributed by atoms with E-state index in [-0.39, 0.29) is 11.9 Å². The van der Waals surface area contributed by atoms with E-state index in [1.165, 1.54) is 37.0 Å². The number of fused-ring (bicyclic) bond motifs is 1. The highest BCUT2D eigenvalue weighted by atomic mass is 19.3. The number of nitrogens with one attached hydrogen (secondary N) is 1. The number of rotatable bonds is 5. The number of carbonyl (C=O) groups is 1. The average molecular weight is 461 g/mol. The van der Waals surface area contributed by atoms with Gasteiger partial charge in [0, 0.05) is 30.1 Å². The van der Waals surface area contributed by atoms with Crippen molar-refractivity contribution < 1.29 is 18.7 Å². The first kappa shape index (κ1) is 23.2. The van der Waals surface area contributed by atoms with Crippen LogP contribution in [0.15, 0.2) is 18.2 Å². The molecule has 0 bridgehead atoms. The van der Waals surface area contributed by atoms with Gasteiger partial charge in [0.1, 0.15) is 0 Å². The van der Waals surface area contributed by atoms with Crippen LogP contribution in [0.3, 0.4) is 0 Å². The molecule has 6 heteroatoms. The second kappa shape index (κ2) is 8.92. The van der Waals surface area contributed by atoms with Gasteiger partial charge in [-0.2, -0.15) is 0 Å². The number of piperidine rings is 1. The number of carbonyl (C=O) groups excluding carboxylic acids is 1. The van der Waals surface area contributed by atoms with Gasteiger partial charge in [0.15, 0.2) is 0 Å². The Labute approximate surface area is 196 Å². The fraction of sp³-hybridized carbons (Fsp3) is 0.741. The van der Waals surface area contributed by atoms with E-state index in [9.17, 15) is 18.7 Å². The normalized spacial score (nSPS) is 31.2. The maximum absolute atomic E-state index is 14.7. The number of alkyl halides is 2. The van der Waals surface area contributed by atoms with Gasteiger partial charge in [-0.05, 0) is 61.1 Å². The zero-order valence-corrected chi connectivity index (χ0v) is 19.8. The molecule has 2 N–H and O–H groups in total. The van der Waals surface area contributed by atoms with Crippen molar-refractivity contribution in [3.63, 3.8) is 0 Å². The number of benzene rings is 1. The Morgan fingerprint density at radius 3 is 2.58 bits per heavy atom. The molecule has 3 fully saturated rings. The van der Waals surface area contributed by atoms with Crippen molar-refractivity contribution in [1.29, 1.82) is 0 Å². The third-order valence-corrected chi connectivity index (χ3v) is 9.23. The predicted molar refractivity (Wildman–Crippen MR) is 124 cm³/mol. The molecule has 4 aliphatic rings. The molecule has 5 rings (SSSR count). The van der Waals surface area contributed by atoms with Gasteiger partial charge in [-0.3, -0.25) is 4.79 Å². The lowest BCUT2D eigenvalue weighted by Gasteiger charge is -2.39. The number of aliphatic hydroxyl groups is 1. The fourth-order valence-corrected chi connectivity index (χ4v) is 6.56. The van der Waals surface area contributed by atoms with Crippen LogP contribution in [0.25, 0.3) is 0 Å². The largest absolute Gasteiger partial charge is 0.391 e. The summed E-state index contributed by atoms with van der Waals surface area (Å²) in [6.45, 7) is 2.70. The Morgan fingerprint density at radius 1 is 1.18 bits per heavy atom. The topological polar surface area (TPSA) is 52.6 Å². The minimum Gasteiger partial charge on any atom is -0.391 e. The van der Waals surface area contributed by atoms with Gasteiger partial charge < -0.3 is 15.3 Å². The summed E-state index contributed by atoms with van der Waals surface area (Å²) in [5, 5.41) is 14.4. The molecule has 1 saturated heterocycles. The third kappa shape index (κ3) is 4.45. The van der Waals surface area contributed by atoms with E-state index < -0.39 is 24.0 Å².